The van der Waals surface area contributed by atoms with E-state index in [1.165, 1.54) is 0 Å². The first-order valence-electron chi connectivity index (χ1n) is 6.87. The number of hydrogen-bond acceptors (Lipinski definition) is 5. The number of carbonyl (C=O) groups excluding carboxylic acids is 1. The Morgan fingerprint density at radius 1 is 1.55 bits per heavy atom. The number of ether oxygens (including phenoxy) is 1. The molecule has 0 aromatic heterocycles. The lowest BCUT2D eigenvalue weighted by Crippen LogP contribution is -2.45. The molecule has 6 heteroatoms. The number of nitrogens with two attached hydrogens (primary N) is 2. The van der Waals surface area contributed by atoms with Gasteiger partial charge in [0.1, 0.15) is 0 Å². The predicted octanol–water partition coefficient (Wildman–Crippen LogP) is 0.500. The molecule has 2 rings (SSSR count). The molecule has 0 saturated carbocycles. The van der Waals surface area contributed by atoms with E-state index >= 15 is 0 Å². The first-order chi connectivity index (χ1) is 9.60. The standard InChI is InChI=1S/C14H22N4O2/c1-2-18-5-6-20-11(9-18)8-17-13-4-3-10(14(16)19)7-12(13)15/h3-4,7,11,17H,2,5-6,8-9,15H2,1H3,(H2,16,19). The third-order valence-corrected chi connectivity index (χ3v) is 3.53. The third-order valence-electron chi connectivity index (χ3n) is 3.53. The zero-order valence-corrected chi connectivity index (χ0v) is 11.8. The van der Waals surface area contributed by atoms with Gasteiger partial charge in [-0.15, -0.1) is 0 Å². The highest BCUT2D eigenvalue weighted by molar-refractivity contribution is 5.94. The van der Waals surface area contributed by atoms with Crippen molar-refractivity contribution < 1.29 is 9.53 Å². The van der Waals surface area contributed by atoms with Crippen LogP contribution in [0.2, 0.25) is 0 Å². The zero-order chi connectivity index (χ0) is 14.5. The van der Waals surface area contributed by atoms with Crippen molar-refractivity contribution in [1.82, 2.24) is 4.90 Å². The minimum Gasteiger partial charge on any atom is -0.397 e. The minimum atomic E-state index is -0.475. The van der Waals surface area contributed by atoms with E-state index in [4.69, 9.17) is 16.2 Å². The number of anilines is 2. The number of nitrogens with one attached hydrogen (secondary N) is 1. The van der Waals surface area contributed by atoms with Gasteiger partial charge in [-0.1, -0.05) is 6.92 Å². The lowest BCUT2D eigenvalue weighted by molar-refractivity contribution is -0.0191. The van der Waals surface area contributed by atoms with Crippen molar-refractivity contribution in [1.29, 1.82) is 0 Å². The van der Waals surface area contributed by atoms with E-state index < -0.39 is 5.91 Å². The van der Waals surface area contributed by atoms with Gasteiger partial charge >= 0.3 is 0 Å². The lowest BCUT2D eigenvalue weighted by atomic mass is 10.1. The van der Waals surface area contributed by atoms with Crippen molar-refractivity contribution in [3.63, 3.8) is 0 Å². The van der Waals surface area contributed by atoms with Gasteiger partial charge in [0.2, 0.25) is 5.91 Å². The molecule has 0 bridgehead atoms. The number of nitrogens with zero attached hydrogens (tertiary/aromatic N) is 1. The van der Waals surface area contributed by atoms with Crippen LogP contribution in [0.1, 0.15) is 17.3 Å². The molecule has 1 atom stereocenters. The first kappa shape index (κ1) is 14.6. The highest BCUT2D eigenvalue weighted by Crippen LogP contribution is 2.20. The van der Waals surface area contributed by atoms with Crippen LogP contribution in [-0.4, -0.2) is 49.7 Å². The van der Waals surface area contributed by atoms with Gasteiger partial charge < -0.3 is 21.5 Å². The van der Waals surface area contributed by atoms with Crippen LogP contribution >= 0.6 is 0 Å². The Morgan fingerprint density at radius 2 is 2.35 bits per heavy atom. The summed E-state index contributed by atoms with van der Waals surface area (Å²) in [6.45, 7) is 6.55. The molecule has 1 saturated heterocycles. The molecule has 0 aliphatic carbocycles. The van der Waals surface area contributed by atoms with Crippen LogP contribution in [0.15, 0.2) is 18.2 Å². The molecule has 1 heterocycles. The number of hydrogen-bond donors (Lipinski definition) is 3. The van der Waals surface area contributed by atoms with Gasteiger partial charge in [0.05, 0.1) is 24.1 Å². The summed E-state index contributed by atoms with van der Waals surface area (Å²) in [5.41, 5.74) is 12.9. The summed E-state index contributed by atoms with van der Waals surface area (Å²) >= 11 is 0. The Bertz CT molecular complexity index is 478. The van der Waals surface area contributed by atoms with Gasteiger partial charge in [0.15, 0.2) is 0 Å². The second kappa shape index (κ2) is 6.58. The normalized spacial score (nSPS) is 19.8. The van der Waals surface area contributed by atoms with Gasteiger partial charge in [0, 0.05) is 25.2 Å². The Balaban J connectivity index is 1.92. The molecule has 1 aliphatic rings. The number of morpholine rings is 1. The summed E-state index contributed by atoms with van der Waals surface area (Å²) in [5, 5.41) is 3.26. The van der Waals surface area contributed by atoms with Crippen LogP contribution in [0.25, 0.3) is 0 Å². The minimum absolute atomic E-state index is 0.152. The van der Waals surface area contributed by atoms with Crippen molar-refractivity contribution in [3.05, 3.63) is 23.8 Å². The van der Waals surface area contributed by atoms with E-state index in [2.05, 4.69) is 17.1 Å². The van der Waals surface area contributed by atoms with Crippen molar-refractivity contribution in [3.8, 4) is 0 Å². The second-order valence-corrected chi connectivity index (χ2v) is 4.93. The van der Waals surface area contributed by atoms with Crippen LogP contribution in [0.4, 0.5) is 11.4 Å². The molecule has 20 heavy (non-hydrogen) atoms. The van der Waals surface area contributed by atoms with Crippen molar-refractivity contribution in [2.75, 3.05) is 43.8 Å². The van der Waals surface area contributed by atoms with E-state index in [0.717, 1.165) is 31.9 Å². The fourth-order valence-corrected chi connectivity index (χ4v) is 2.29. The number of amides is 1. The number of likely N-dealkylation sites (N-methyl/N-ethyl adjacent to an activating group) is 1. The maximum absolute atomic E-state index is 11.1. The van der Waals surface area contributed by atoms with Crippen LogP contribution in [-0.2, 0) is 4.74 Å². The maximum Gasteiger partial charge on any atom is 0.248 e. The summed E-state index contributed by atoms with van der Waals surface area (Å²) < 4.78 is 5.71. The largest absolute Gasteiger partial charge is 0.397 e. The van der Waals surface area contributed by atoms with Gasteiger partial charge in [-0.2, -0.15) is 0 Å². The van der Waals surface area contributed by atoms with Crippen molar-refractivity contribution in [2.24, 2.45) is 5.73 Å². The molecule has 0 radical (unpaired) electrons. The molecule has 1 unspecified atom stereocenters. The summed E-state index contributed by atoms with van der Waals surface area (Å²) in [6.07, 6.45) is 0.152. The molecule has 0 spiro atoms. The van der Waals surface area contributed by atoms with Crippen molar-refractivity contribution >= 4 is 17.3 Å². The number of benzene rings is 1. The van der Waals surface area contributed by atoms with Gasteiger partial charge in [-0.25, -0.2) is 0 Å². The predicted molar refractivity (Wildman–Crippen MR) is 79.7 cm³/mol. The summed E-state index contributed by atoms with van der Waals surface area (Å²) in [7, 11) is 0. The van der Waals surface area contributed by atoms with Crippen LogP contribution in [0, 0.1) is 0 Å². The molecule has 1 fully saturated rings. The first-order valence-corrected chi connectivity index (χ1v) is 6.87. The van der Waals surface area contributed by atoms with E-state index in [9.17, 15) is 4.79 Å². The quantitative estimate of drug-likeness (QED) is 0.682. The van der Waals surface area contributed by atoms with Gasteiger partial charge in [-0.05, 0) is 24.7 Å². The monoisotopic (exact) mass is 278 g/mol. The van der Waals surface area contributed by atoms with Gasteiger partial charge in [0.25, 0.3) is 0 Å². The fraction of sp³-hybridized carbons (Fsp3) is 0.500. The summed E-state index contributed by atoms with van der Waals surface area (Å²) in [5.74, 6) is -0.475. The zero-order valence-electron chi connectivity index (χ0n) is 11.8. The SMILES string of the molecule is CCN1CCOC(CNc2ccc(C(N)=O)cc2N)C1. The average molecular weight is 278 g/mol. The van der Waals surface area contributed by atoms with Crippen LogP contribution < -0.4 is 16.8 Å². The summed E-state index contributed by atoms with van der Waals surface area (Å²) in [4.78, 5) is 13.4. The Kier molecular flexibility index (Phi) is 4.81. The molecular formula is C14H22N4O2. The van der Waals surface area contributed by atoms with E-state index in [1.807, 2.05) is 0 Å². The Hall–Kier alpha value is -1.79. The third kappa shape index (κ3) is 3.61. The van der Waals surface area contributed by atoms with Crippen molar-refractivity contribution in [2.45, 2.75) is 13.0 Å². The molecule has 1 aliphatic heterocycles. The fourth-order valence-electron chi connectivity index (χ4n) is 2.29. The van der Waals surface area contributed by atoms with Gasteiger partial charge in [-0.3, -0.25) is 9.69 Å². The van der Waals surface area contributed by atoms with E-state index in [1.54, 1.807) is 18.2 Å². The molecule has 6 nitrogen and oxygen atoms in total. The molecule has 1 aromatic carbocycles. The maximum atomic E-state index is 11.1. The molecular weight excluding hydrogens is 256 g/mol. The highest BCUT2D eigenvalue weighted by Gasteiger charge is 2.19. The Labute approximate surface area is 119 Å². The molecule has 5 N–H and O–H groups in total. The molecule has 110 valence electrons. The summed E-state index contributed by atoms with van der Waals surface area (Å²) in [6, 6.07) is 5.03. The van der Waals surface area contributed by atoms with E-state index in [-0.39, 0.29) is 6.10 Å². The number of carbonyl (C=O) groups is 1. The van der Waals surface area contributed by atoms with Crippen LogP contribution in [0.3, 0.4) is 0 Å². The average Bonchev–Trinajstić information content (AvgIpc) is 2.46. The van der Waals surface area contributed by atoms with Crippen LogP contribution in [0.5, 0.6) is 0 Å². The number of nitrogen functional groups attached to an aromatic ring is 1. The molecule has 1 aromatic rings. The lowest BCUT2D eigenvalue weighted by Gasteiger charge is -2.32. The topological polar surface area (TPSA) is 93.6 Å². The second-order valence-electron chi connectivity index (χ2n) is 4.93. The Morgan fingerprint density at radius 3 is 3.00 bits per heavy atom. The molecule has 1 amide bonds. The highest BCUT2D eigenvalue weighted by atomic mass is 16.5. The number of rotatable bonds is 5. The number of primary amides is 1. The van der Waals surface area contributed by atoms with E-state index in [0.29, 0.717) is 17.8 Å². The smallest absolute Gasteiger partial charge is 0.248 e.